The lowest BCUT2D eigenvalue weighted by atomic mass is 9.89. The number of nitrogens with one attached hydrogen (secondary N) is 1. The number of hydrogen-bond acceptors (Lipinski definition) is 4. The normalized spacial score (nSPS) is 18.6. The van der Waals surface area contributed by atoms with Crippen molar-refractivity contribution in [2.24, 2.45) is 0 Å². The minimum Gasteiger partial charge on any atom is -0.469 e. The second-order valence-electron chi connectivity index (χ2n) is 3.53. The maximum atomic E-state index is 11.2. The van der Waals surface area contributed by atoms with Gasteiger partial charge in [0.25, 0.3) is 0 Å². The monoisotopic (exact) mass is 195 g/mol. The van der Waals surface area contributed by atoms with Crippen molar-refractivity contribution in [3.05, 3.63) is 18.5 Å². The van der Waals surface area contributed by atoms with Gasteiger partial charge in [-0.05, 0) is 6.07 Å². The molecule has 0 saturated carbocycles. The molecular weight excluding hydrogens is 182 g/mol. The molecule has 5 nitrogen and oxygen atoms in total. The third-order valence-electron chi connectivity index (χ3n) is 2.60. The summed E-state index contributed by atoms with van der Waals surface area (Å²) in [5, 5.41) is 7.32. The maximum Gasteiger partial charge on any atom is 0.308 e. The first-order valence-corrected chi connectivity index (χ1v) is 4.54. The van der Waals surface area contributed by atoms with E-state index in [9.17, 15) is 4.79 Å². The third kappa shape index (κ3) is 1.39. The second kappa shape index (κ2) is 3.42. The first-order valence-electron chi connectivity index (χ1n) is 4.54. The van der Waals surface area contributed by atoms with Crippen molar-refractivity contribution in [2.45, 2.75) is 12.0 Å². The molecule has 1 N–H and O–H groups in total. The van der Waals surface area contributed by atoms with E-state index in [1.165, 1.54) is 7.11 Å². The minimum atomic E-state index is -0.212. The average Bonchev–Trinajstić information content (AvgIpc) is 2.63. The predicted octanol–water partition coefficient (Wildman–Crippen LogP) is -0.255. The van der Waals surface area contributed by atoms with Gasteiger partial charge >= 0.3 is 5.97 Å². The highest BCUT2D eigenvalue weighted by molar-refractivity contribution is 5.70. The van der Waals surface area contributed by atoms with Gasteiger partial charge < -0.3 is 10.1 Å². The van der Waals surface area contributed by atoms with Gasteiger partial charge in [-0.15, -0.1) is 0 Å². The molecule has 0 spiro atoms. The largest absolute Gasteiger partial charge is 0.469 e. The Kier molecular flexibility index (Phi) is 2.25. The number of nitrogens with zero attached hydrogens (tertiary/aromatic N) is 2. The lowest BCUT2D eigenvalue weighted by Crippen LogP contribution is -2.61. The zero-order valence-corrected chi connectivity index (χ0v) is 8.06. The molecule has 0 amide bonds. The van der Waals surface area contributed by atoms with E-state index < -0.39 is 0 Å². The standard InChI is InChI=1S/C9H13N3O2/c1-14-8(13)5-9(6-10-7-9)12-4-2-3-11-12/h2-4,10H,5-7H2,1H3. The lowest BCUT2D eigenvalue weighted by molar-refractivity contribution is -0.144. The summed E-state index contributed by atoms with van der Waals surface area (Å²) in [7, 11) is 1.41. The van der Waals surface area contributed by atoms with Gasteiger partial charge in [-0.1, -0.05) is 0 Å². The maximum absolute atomic E-state index is 11.2. The fourth-order valence-electron chi connectivity index (χ4n) is 1.67. The van der Waals surface area contributed by atoms with Crippen LogP contribution >= 0.6 is 0 Å². The molecule has 1 aliphatic heterocycles. The summed E-state index contributed by atoms with van der Waals surface area (Å²) in [5.74, 6) is -0.193. The van der Waals surface area contributed by atoms with Crippen molar-refractivity contribution in [1.82, 2.24) is 15.1 Å². The van der Waals surface area contributed by atoms with Gasteiger partial charge in [-0.2, -0.15) is 5.10 Å². The Morgan fingerprint density at radius 1 is 1.71 bits per heavy atom. The van der Waals surface area contributed by atoms with Gasteiger partial charge in [-0.3, -0.25) is 9.48 Å². The molecule has 0 unspecified atom stereocenters. The van der Waals surface area contributed by atoms with Gasteiger partial charge in [0.15, 0.2) is 0 Å². The summed E-state index contributed by atoms with van der Waals surface area (Å²) >= 11 is 0. The highest BCUT2D eigenvalue weighted by atomic mass is 16.5. The van der Waals surface area contributed by atoms with E-state index in [4.69, 9.17) is 0 Å². The van der Waals surface area contributed by atoms with Crippen LogP contribution in [0, 0.1) is 0 Å². The van der Waals surface area contributed by atoms with Crippen LogP contribution in [0.25, 0.3) is 0 Å². The summed E-state index contributed by atoms with van der Waals surface area (Å²) in [6.45, 7) is 1.54. The Balaban J connectivity index is 2.14. The second-order valence-corrected chi connectivity index (χ2v) is 3.53. The van der Waals surface area contributed by atoms with E-state index in [1.807, 2.05) is 16.9 Å². The van der Waals surface area contributed by atoms with Crippen molar-refractivity contribution in [1.29, 1.82) is 0 Å². The fourth-order valence-corrected chi connectivity index (χ4v) is 1.67. The summed E-state index contributed by atoms with van der Waals surface area (Å²) in [6.07, 6.45) is 3.97. The zero-order valence-electron chi connectivity index (χ0n) is 8.06. The Labute approximate surface area is 82.0 Å². The number of esters is 1. The molecule has 0 atom stereocenters. The molecule has 1 aromatic rings. The SMILES string of the molecule is COC(=O)CC1(n2cccn2)CNC1. The van der Waals surface area contributed by atoms with Crippen molar-refractivity contribution >= 4 is 5.97 Å². The van der Waals surface area contributed by atoms with Crippen LogP contribution in [-0.4, -0.2) is 35.9 Å². The molecule has 76 valence electrons. The molecule has 14 heavy (non-hydrogen) atoms. The molecule has 1 aromatic heterocycles. The van der Waals surface area contributed by atoms with Gasteiger partial charge in [0, 0.05) is 25.5 Å². The molecule has 0 aromatic carbocycles. The topological polar surface area (TPSA) is 56.2 Å². The molecule has 2 rings (SSSR count). The molecule has 2 heterocycles. The van der Waals surface area contributed by atoms with Crippen molar-refractivity contribution in [3.8, 4) is 0 Å². The van der Waals surface area contributed by atoms with E-state index in [2.05, 4.69) is 15.2 Å². The first kappa shape index (κ1) is 9.21. The number of methoxy groups -OCH3 is 1. The van der Waals surface area contributed by atoms with Gasteiger partial charge in [0.1, 0.15) is 0 Å². The zero-order chi connectivity index (χ0) is 10.0. The number of hydrogen-bond donors (Lipinski definition) is 1. The minimum absolute atomic E-state index is 0.193. The summed E-state index contributed by atoms with van der Waals surface area (Å²) in [4.78, 5) is 11.2. The van der Waals surface area contributed by atoms with Crippen molar-refractivity contribution < 1.29 is 9.53 Å². The van der Waals surface area contributed by atoms with E-state index in [1.54, 1.807) is 6.20 Å². The molecule has 5 heteroatoms. The summed E-state index contributed by atoms with van der Waals surface area (Å²) in [6, 6.07) is 1.86. The first-order chi connectivity index (χ1) is 6.77. The van der Waals surface area contributed by atoms with Crippen molar-refractivity contribution in [2.75, 3.05) is 20.2 Å². The van der Waals surface area contributed by atoms with E-state index >= 15 is 0 Å². The van der Waals surface area contributed by atoms with Crippen LogP contribution in [-0.2, 0) is 15.1 Å². The number of carbonyl (C=O) groups excluding carboxylic acids is 1. The predicted molar refractivity (Wildman–Crippen MR) is 49.7 cm³/mol. The van der Waals surface area contributed by atoms with E-state index in [0.717, 1.165) is 13.1 Å². The smallest absolute Gasteiger partial charge is 0.308 e. The van der Waals surface area contributed by atoms with E-state index in [0.29, 0.717) is 6.42 Å². The van der Waals surface area contributed by atoms with Gasteiger partial charge in [0.2, 0.25) is 0 Å². The fraction of sp³-hybridized carbons (Fsp3) is 0.556. The van der Waals surface area contributed by atoms with Crippen LogP contribution in [0.2, 0.25) is 0 Å². The van der Waals surface area contributed by atoms with Crippen LogP contribution in [0.4, 0.5) is 0 Å². The van der Waals surface area contributed by atoms with Crippen LogP contribution < -0.4 is 5.32 Å². The molecule has 1 aliphatic rings. The number of carbonyl (C=O) groups is 1. The molecular formula is C9H13N3O2. The lowest BCUT2D eigenvalue weighted by Gasteiger charge is -2.41. The van der Waals surface area contributed by atoms with Crippen molar-refractivity contribution in [3.63, 3.8) is 0 Å². The summed E-state index contributed by atoms with van der Waals surface area (Å²) in [5.41, 5.74) is -0.212. The number of rotatable bonds is 3. The van der Waals surface area contributed by atoms with Gasteiger partial charge in [0.05, 0.1) is 19.1 Å². The molecule has 0 aliphatic carbocycles. The molecule has 0 radical (unpaired) electrons. The quantitative estimate of drug-likeness (QED) is 0.675. The Morgan fingerprint density at radius 3 is 2.93 bits per heavy atom. The van der Waals surface area contributed by atoms with Crippen LogP contribution in [0.15, 0.2) is 18.5 Å². The van der Waals surface area contributed by atoms with Crippen LogP contribution in [0.1, 0.15) is 6.42 Å². The Hall–Kier alpha value is -1.36. The number of aromatic nitrogens is 2. The Bertz CT molecular complexity index is 317. The van der Waals surface area contributed by atoms with E-state index in [-0.39, 0.29) is 11.5 Å². The van der Waals surface area contributed by atoms with Crippen LogP contribution in [0.3, 0.4) is 0 Å². The number of ether oxygens (including phenoxy) is 1. The molecule has 0 bridgehead atoms. The molecule has 1 saturated heterocycles. The molecule has 1 fully saturated rings. The average molecular weight is 195 g/mol. The van der Waals surface area contributed by atoms with Crippen LogP contribution in [0.5, 0.6) is 0 Å². The third-order valence-corrected chi connectivity index (χ3v) is 2.60. The Morgan fingerprint density at radius 2 is 2.50 bits per heavy atom. The highest BCUT2D eigenvalue weighted by Gasteiger charge is 2.41. The highest BCUT2D eigenvalue weighted by Crippen LogP contribution is 2.25. The summed E-state index contributed by atoms with van der Waals surface area (Å²) < 4.78 is 6.51. The van der Waals surface area contributed by atoms with Gasteiger partial charge in [-0.25, -0.2) is 0 Å².